The molecule has 2 rings (SSSR count). The molecule has 0 spiro atoms. The van der Waals surface area contributed by atoms with Crippen LogP contribution in [0, 0.1) is 5.82 Å². The summed E-state index contributed by atoms with van der Waals surface area (Å²) in [6.45, 7) is 1.73. The van der Waals surface area contributed by atoms with Crippen molar-refractivity contribution in [2.24, 2.45) is 0 Å². The number of hydrogen-bond donors (Lipinski definition) is 1. The minimum atomic E-state index is -3.91. The van der Waals surface area contributed by atoms with Gasteiger partial charge in [-0.1, -0.05) is 12.1 Å². The van der Waals surface area contributed by atoms with Crippen LogP contribution in [-0.2, 0) is 10.0 Å². The molecule has 0 heterocycles. The lowest BCUT2D eigenvalue weighted by Crippen LogP contribution is -2.27. The molecule has 2 aromatic rings. The van der Waals surface area contributed by atoms with E-state index in [0.717, 1.165) is 22.6 Å². The van der Waals surface area contributed by atoms with Crippen LogP contribution in [0.15, 0.2) is 52.3 Å². The molecule has 1 atom stereocenters. The average Bonchev–Trinajstić information content (AvgIpc) is 2.54. The van der Waals surface area contributed by atoms with Crippen LogP contribution in [0.25, 0.3) is 0 Å². The van der Waals surface area contributed by atoms with Crippen LogP contribution in [0.3, 0.4) is 0 Å². The summed E-state index contributed by atoms with van der Waals surface area (Å²) >= 11 is 1.61. The Kier molecular flexibility index (Phi) is 5.67. The van der Waals surface area contributed by atoms with Crippen LogP contribution in [-0.4, -0.2) is 21.8 Å². The highest BCUT2D eigenvalue weighted by Gasteiger charge is 2.23. The highest BCUT2D eigenvalue weighted by molar-refractivity contribution is 7.98. The van der Waals surface area contributed by atoms with Crippen LogP contribution in [0.1, 0.15) is 18.5 Å². The first-order valence-electron chi connectivity index (χ1n) is 6.87. The smallest absolute Gasteiger partial charge is 0.244 e. The number of methoxy groups -OCH3 is 1. The van der Waals surface area contributed by atoms with E-state index < -0.39 is 21.9 Å². The fourth-order valence-corrected chi connectivity index (χ4v) is 3.94. The summed E-state index contributed by atoms with van der Waals surface area (Å²) < 4.78 is 46.0. The molecular formula is C16H18FNO3S2. The molecule has 0 aromatic heterocycles. The number of thioether (sulfide) groups is 1. The number of hydrogen-bond acceptors (Lipinski definition) is 4. The summed E-state index contributed by atoms with van der Waals surface area (Å²) in [7, 11) is -2.56. The summed E-state index contributed by atoms with van der Waals surface area (Å²) in [5, 5.41) is 0. The quantitative estimate of drug-likeness (QED) is 0.805. The van der Waals surface area contributed by atoms with Crippen LogP contribution in [0.4, 0.5) is 4.39 Å². The van der Waals surface area contributed by atoms with Crippen LogP contribution >= 0.6 is 11.8 Å². The van der Waals surface area contributed by atoms with E-state index in [2.05, 4.69) is 4.72 Å². The second-order valence-electron chi connectivity index (χ2n) is 4.91. The van der Waals surface area contributed by atoms with Gasteiger partial charge in [-0.25, -0.2) is 17.5 Å². The lowest BCUT2D eigenvalue weighted by atomic mass is 10.1. The molecule has 0 aliphatic heterocycles. The van der Waals surface area contributed by atoms with Gasteiger partial charge in [-0.05, 0) is 49.1 Å². The SMILES string of the molecule is COc1ccc(F)cc1S(=O)(=O)N[C@H](C)c1ccc(SC)cc1. The van der Waals surface area contributed by atoms with Crippen LogP contribution < -0.4 is 9.46 Å². The highest BCUT2D eigenvalue weighted by atomic mass is 32.2. The fourth-order valence-electron chi connectivity index (χ4n) is 2.12. The fraction of sp³-hybridized carbons (Fsp3) is 0.250. The number of nitrogens with one attached hydrogen (secondary N) is 1. The van der Waals surface area contributed by atoms with Crippen molar-refractivity contribution in [3.8, 4) is 5.75 Å². The maximum Gasteiger partial charge on any atom is 0.244 e. The van der Waals surface area contributed by atoms with E-state index in [1.807, 2.05) is 30.5 Å². The van der Waals surface area contributed by atoms with Gasteiger partial charge in [0.25, 0.3) is 0 Å². The summed E-state index contributed by atoms with van der Waals surface area (Å²) in [5.41, 5.74) is 0.821. The lowest BCUT2D eigenvalue weighted by molar-refractivity contribution is 0.400. The highest BCUT2D eigenvalue weighted by Crippen LogP contribution is 2.26. The summed E-state index contributed by atoms with van der Waals surface area (Å²) in [4.78, 5) is 0.878. The molecule has 1 N–H and O–H groups in total. The van der Waals surface area contributed by atoms with Gasteiger partial charge in [-0.15, -0.1) is 11.8 Å². The Balaban J connectivity index is 2.28. The summed E-state index contributed by atoms with van der Waals surface area (Å²) in [6.07, 6.45) is 1.97. The molecule has 0 saturated heterocycles. The van der Waals surface area contributed by atoms with Crippen molar-refractivity contribution in [3.63, 3.8) is 0 Å². The zero-order valence-electron chi connectivity index (χ0n) is 13.0. The summed E-state index contributed by atoms with van der Waals surface area (Å²) in [5.74, 6) is -0.535. The van der Waals surface area contributed by atoms with E-state index in [-0.39, 0.29) is 10.6 Å². The maximum atomic E-state index is 13.4. The minimum Gasteiger partial charge on any atom is -0.495 e. The lowest BCUT2D eigenvalue weighted by Gasteiger charge is -2.16. The van der Waals surface area contributed by atoms with Gasteiger partial charge in [-0.3, -0.25) is 0 Å². The van der Waals surface area contributed by atoms with Crippen LogP contribution in [0.2, 0.25) is 0 Å². The largest absolute Gasteiger partial charge is 0.495 e. The monoisotopic (exact) mass is 355 g/mol. The molecule has 2 aromatic carbocycles. The number of rotatable bonds is 6. The van der Waals surface area contributed by atoms with E-state index in [0.29, 0.717) is 0 Å². The number of ether oxygens (including phenoxy) is 1. The first kappa shape index (κ1) is 17.8. The van der Waals surface area contributed by atoms with E-state index in [4.69, 9.17) is 4.74 Å². The number of halogens is 1. The van der Waals surface area contributed by atoms with E-state index in [9.17, 15) is 12.8 Å². The topological polar surface area (TPSA) is 55.4 Å². The third kappa shape index (κ3) is 4.25. The van der Waals surface area contributed by atoms with Gasteiger partial charge in [0.1, 0.15) is 16.5 Å². The van der Waals surface area contributed by atoms with Gasteiger partial charge >= 0.3 is 0 Å². The van der Waals surface area contributed by atoms with E-state index in [1.54, 1.807) is 18.7 Å². The molecular weight excluding hydrogens is 337 g/mol. The predicted molar refractivity (Wildman–Crippen MR) is 89.9 cm³/mol. The average molecular weight is 355 g/mol. The van der Waals surface area contributed by atoms with E-state index in [1.165, 1.54) is 13.2 Å². The Morgan fingerprint density at radius 2 is 1.83 bits per heavy atom. The van der Waals surface area contributed by atoms with Gasteiger partial charge < -0.3 is 4.74 Å². The van der Waals surface area contributed by atoms with Crippen molar-refractivity contribution in [2.75, 3.05) is 13.4 Å². The van der Waals surface area contributed by atoms with Gasteiger partial charge in [0.15, 0.2) is 0 Å². The molecule has 0 aliphatic carbocycles. The Morgan fingerprint density at radius 3 is 2.39 bits per heavy atom. The molecule has 0 unspecified atom stereocenters. The number of sulfonamides is 1. The van der Waals surface area contributed by atoms with Crippen molar-refractivity contribution in [3.05, 3.63) is 53.8 Å². The third-order valence-corrected chi connectivity index (χ3v) is 5.67. The zero-order chi connectivity index (χ0) is 17.0. The van der Waals surface area contributed by atoms with Crippen molar-refractivity contribution in [2.45, 2.75) is 22.8 Å². The minimum absolute atomic E-state index is 0.101. The Hall–Kier alpha value is -1.57. The normalized spacial score (nSPS) is 12.9. The zero-order valence-corrected chi connectivity index (χ0v) is 14.7. The second kappa shape index (κ2) is 7.33. The van der Waals surface area contributed by atoms with Gasteiger partial charge in [0.2, 0.25) is 10.0 Å². The first-order valence-corrected chi connectivity index (χ1v) is 9.58. The van der Waals surface area contributed by atoms with Gasteiger partial charge in [-0.2, -0.15) is 0 Å². The van der Waals surface area contributed by atoms with Crippen molar-refractivity contribution in [1.82, 2.24) is 4.72 Å². The third-order valence-electron chi connectivity index (χ3n) is 3.36. The Morgan fingerprint density at radius 1 is 1.17 bits per heavy atom. The molecule has 124 valence electrons. The van der Waals surface area contributed by atoms with Gasteiger partial charge in [0, 0.05) is 10.9 Å². The number of benzene rings is 2. The first-order chi connectivity index (χ1) is 10.9. The molecule has 4 nitrogen and oxygen atoms in total. The van der Waals surface area contributed by atoms with Crippen molar-refractivity contribution in [1.29, 1.82) is 0 Å². The Bertz CT molecular complexity index is 776. The predicted octanol–water partition coefficient (Wildman–Crippen LogP) is 3.60. The molecule has 0 radical (unpaired) electrons. The molecule has 23 heavy (non-hydrogen) atoms. The summed E-state index contributed by atoms with van der Waals surface area (Å²) in [6, 6.07) is 10.5. The van der Waals surface area contributed by atoms with Crippen LogP contribution in [0.5, 0.6) is 5.75 Å². The maximum absolute atomic E-state index is 13.4. The van der Waals surface area contributed by atoms with Gasteiger partial charge in [0.05, 0.1) is 7.11 Å². The Labute approximate surface area is 140 Å². The molecule has 0 bridgehead atoms. The molecule has 0 amide bonds. The van der Waals surface area contributed by atoms with Crippen molar-refractivity contribution < 1.29 is 17.5 Å². The molecule has 7 heteroatoms. The molecule has 0 saturated carbocycles. The van der Waals surface area contributed by atoms with E-state index >= 15 is 0 Å². The van der Waals surface area contributed by atoms with Crippen molar-refractivity contribution >= 4 is 21.8 Å². The standard InChI is InChI=1S/C16H18FNO3S2/c1-11(12-4-7-14(22-3)8-5-12)18-23(19,20)16-10-13(17)6-9-15(16)21-2/h4-11,18H,1-3H3/t11-/m1/s1. The molecule has 0 aliphatic rings. The second-order valence-corrected chi connectivity index (χ2v) is 7.47. The molecule has 0 fully saturated rings.